The minimum Gasteiger partial charge on any atom is -0.166 e. The zero-order valence-electron chi connectivity index (χ0n) is 7.12. The summed E-state index contributed by atoms with van der Waals surface area (Å²) >= 11 is 0. The molecule has 0 spiro atoms. The van der Waals surface area contributed by atoms with Crippen molar-refractivity contribution >= 4 is 8.09 Å². The minimum absolute atomic E-state index is 1.57. The predicted molar refractivity (Wildman–Crippen MR) is 41.6 cm³/mol. The van der Waals surface area contributed by atoms with Gasteiger partial charge in [0.2, 0.25) is 0 Å². The summed E-state index contributed by atoms with van der Waals surface area (Å²) in [7, 11) is 6.24. The molecule has 0 heterocycles. The lowest BCUT2D eigenvalue weighted by Gasteiger charge is -2.20. The normalized spacial score (nSPS) is 12.6. The largest absolute Gasteiger partial charge is 0.502 e. The van der Waals surface area contributed by atoms with Crippen LogP contribution in [0.1, 0.15) is 0 Å². The molecule has 10 heavy (non-hydrogen) atoms. The van der Waals surface area contributed by atoms with Crippen molar-refractivity contribution in [1.29, 1.82) is 0 Å². The highest BCUT2D eigenvalue weighted by Crippen LogP contribution is 2.61. The van der Waals surface area contributed by atoms with Gasteiger partial charge in [0, 0.05) is 14.1 Å². The van der Waals surface area contributed by atoms with Crippen molar-refractivity contribution in [3.8, 4) is 0 Å². The van der Waals surface area contributed by atoms with Crippen LogP contribution in [0.3, 0.4) is 0 Å². The second-order valence-electron chi connectivity index (χ2n) is 1.86. The van der Waals surface area contributed by atoms with Crippen LogP contribution in [0, 0.1) is 0 Å². The van der Waals surface area contributed by atoms with E-state index in [-0.39, 0.29) is 0 Å². The topological polar surface area (TPSA) is 30.9 Å². The van der Waals surface area contributed by atoms with E-state index in [1.807, 2.05) is 14.1 Å². The van der Waals surface area contributed by atoms with Gasteiger partial charge in [0.1, 0.15) is 0 Å². The Labute approximate surface area is 62.7 Å². The molecule has 0 unspecified atom stereocenters. The molecule has 0 atom stereocenters. The number of nitrogens with zero attached hydrogens (tertiary/aromatic N) is 1. The first-order valence-corrected chi connectivity index (χ1v) is 4.36. The average Bonchev–Trinajstić information content (AvgIpc) is 1.92. The minimum atomic E-state index is -2.18. The quantitative estimate of drug-likeness (QED) is 0.589. The Kier molecular flexibility index (Phi) is 4.32. The SMILES string of the molecule is CO[P+](OC)(OC)N(C)C. The first-order chi connectivity index (χ1) is 4.63. The Morgan fingerprint density at radius 1 is 0.900 bits per heavy atom. The Morgan fingerprint density at radius 2 is 1.20 bits per heavy atom. The monoisotopic (exact) mass is 168 g/mol. The molecule has 0 aliphatic heterocycles. The van der Waals surface area contributed by atoms with Crippen molar-refractivity contribution in [3.05, 3.63) is 0 Å². The zero-order chi connectivity index (χ0) is 8.20. The second-order valence-corrected chi connectivity index (χ2v) is 4.70. The highest BCUT2D eigenvalue weighted by atomic mass is 31.2. The first-order valence-electron chi connectivity index (χ1n) is 2.87. The van der Waals surface area contributed by atoms with Crippen LogP contribution in [0.4, 0.5) is 0 Å². The zero-order valence-corrected chi connectivity index (χ0v) is 8.01. The third-order valence-electron chi connectivity index (χ3n) is 1.18. The molecular weight excluding hydrogens is 153 g/mol. The summed E-state index contributed by atoms with van der Waals surface area (Å²) in [6.45, 7) is 0. The maximum absolute atomic E-state index is 5.09. The number of hydrogen-bond acceptors (Lipinski definition) is 4. The van der Waals surface area contributed by atoms with Gasteiger partial charge in [-0.25, -0.2) is 0 Å². The van der Waals surface area contributed by atoms with Crippen LogP contribution in [0.2, 0.25) is 0 Å². The summed E-state index contributed by atoms with van der Waals surface area (Å²) in [6, 6.07) is 0. The van der Waals surface area contributed by atoms with Gasteiger partial charge in [-0.1, -0.05) is 0 Å². The Balaban J connectivity index is 4.15. The van der Waals surface area contributed by atoms with Gasteiger partial charge in [-0.05, 0) is 0 Å². The van der Waals surface area contributed by atoms with Crippen molar-refractivity contribution in [1.82, 2.24) is 4.67 Å². The average molecular weight is 168 g/mol. The van der Waals surface area contributed by atoms with E-state index in [0.717, 1.165) is 0 Å². The molecule has 0 aromatic rings. The summed E-state index contributed by atoms with van der Waals surface area (Å²) < 4.78 is 17.1. The van der Waals surface area contributed by atoms with E-state index in [4.69, 9.17) is 13.6 Å². The van der Waals surface area contributed by atoms with Crippen LogP contribution in [0.15, 0.2) is 0 Å². The van der Waals surface area contributed by atoms with E-state index in [2.05, 4.69) is 0 Å². The molecule has 0 aliphatic rings. The molecule has 0 aromatic carbocycles. The molecule has 4 nitrogen and oxygen atoms in total. The Morgan fingerprint density at radius 3 is 1.20 bits per heavy atom. The van der Waals surface area contributed by atoms with Crippen LogP contribution in [-0.4, -0.2) is 40.1 Å². The summed E-state index contributed by atoms with van der Waals surface area (Å²) in [4.78, 5) is 0. The lowest BCUT2D eigenvalue weighted by molar-refractivity contribution is 0.168. The highest BCUT2D eigenvalue weighted by molar-refractivity contribution is 7.59. The van der Waals surface area contributed by atoms with E-state index >= 15 is 0 Å². The van der Waals surface area contributed by atoms with Gasteiger partial charge in [0.25, 0.3) is 0 Å². The van der Waals surface area contributed by atoms with Gasteiger partial charge in [-0.3, -0.25) is 0 Å². The van der Waals surface area contributed by atoms with Gasteiger partial charge in [0.05, 0.1) is 21.3 Å². The summed E-state index contributed by atoms with van der Waals surface area (Å²) in [6.07, 6.45) is 0. The van der Waals surface area contributed by atoms with Crippen molar-refractivity contribution in [2.45, 2.75) is 0 Å². The van der Waals surface area contributed by atoms with Crippen LogP contribution in [0.25, 0.3) is 0 Å². The van der Waals surface area contributed by atoms with E-state index < -0.39 is 8.09 Å². The smallest absolute Gasteiger partial charge is 0.166 e. The fourth-order valence-electron chi connectivity index (χ4n) is 0.714. The molecule has 0 aromatic heterocycles. The lowest BCUT2D eigenvalue weighted by atomic mass is 11.3. The molecule has 5 heteroatoms. The summed E-state index contributed by atoms with van der Waals surface area (Å²) in [5.74, 6) is 0. The van der Waals surface area contributed by atoms with Crippen molar-refractivity contribution in [2.75, 3.05) is 35.4 Å². The first kappa shape index (κ1) is 10.3. The molecule has 0 aliphatic carbocycles. The van der Waals surface area contributed by atoms with Gasteiger partial charge < -0.3 is 0 Å². The lowest BCUT2D eigenvalue weighted by Crippen LogP contribution is -2.18. The summed E-state index contributed by atoms with van der Waals surface area (Å²) in [5.41, 5.74) is 0. The van der Waals surface area contributed by atoms with Gasteiger partial charge in [0.15, 0.2) is 0 Å². The van der Waals surface area contributed by atoms with Crippen LogP contribution >= 0.6 is 8.09 Å². The molecule has 0 bridgehead atoms. The molecular formula is C5H15NO3P+. The highest BCUT2D eigenvalue weighted by Gasteiger charge is 2.45. The summed E-state index contributed by atoms with van der Waals surface area (Å²) in [5, 5.41) is 0. The Bertz CT molecular complexity index is 86.6. The molecule has 0 saturated heterocycles. The van der Waals surface area contributed by atoms with Gasteiger partial charge in [-0.2, -0.15) is 13.6 Å². The molecule has 0 saturated carbocycles. The second kappa shape index (κ2) is 4.21. The number of rotatable bonds is 4. The van der Waals surface area contributed by atoms with Crippen LogP contribution in [-0.2, 0) is 13.6 Å². The van der Waals surface area contributed by atoms with Crippen molar-refractivity contribution in [3.63, 3.8) is 0 Å². The van der Waals surface area contributed by atoms with E-state index in [9.17, 15) is 0 Å². The third kappa shape index (κ3) is 1.87. The molecule has 0 N–H and O–H groups in total. The van der Waals surface area contributed by atoms with Gasteiger partial charge in [-0.15, -0.1) is 4.67 Å². The Hall–Kier alpha value is 0.270. The maximum atomic E-state index is 5.09. The van der Waals surface area contributed by atoms with Crippen LogP contribution in [0.5, 0.6) is 0 Å². The van der Waals surface area contributed by atoms with E-state index in [0.29, 0.717) is 0 Å². The predicted octanol–water partition coefficient (Wildman–Crippen LogP) is 1.16. The van der Waals surface area contributed by atoms with Crippen LogP contribution < -0.4 is 0 Å². The molecule has 0 fully saturated rings. The molecule has 0 radical (unpaired) electrons. The van der Waals surface area contributed by atoms with Crippen molar-refractivity contribution in [2.24, 2.45) is 0 Å². The fraction of sp³-hybridized carbons (Fsp3) is 1.00. The van der Waals surface area contributed by atoms with Crippen molar-refractivity contribution < 1.29 is 13.6 Å². The number of hydrogen-bond donors (Lipinski definition) is 0. The van der Waals surface area contributed by atoms with E-state index in [1.54, 1.807) is 26.0 Å². The third-order valence-corrected chi connectivity index (χ3v) is 3.55. The maximum Gasteiger partial charge on any atom is 0.502 e. The van der Waals surface area contributed by atoms with E-state index in [1.165, 1.54) is 0 Å². The molecule has 62 valence electrons. The molecule has 0 rings (SSSR count). The standard InChI is InChI=1S/C5H15NO3P/c1-6(2)10(7-3,8-4)9-5/h1-5H3/q+1. The fourth-order valence-corrected chi connectivity index (χ4v) is 2.14. The molecule has 0 amide bonds. The van der Waals surface area contributed by atoms with Gasteiger partial charge >= 0.3 is 8.09 Å².